The number of rotatable bonds is 10. The second-order valence-electron chi connectivity index (χ2n) is 13.0. The number of carbonyl (C=O) groups is 1. The number of hydroxylamine groups is 1. The standard InChI is InChI=1S/C36H45FN8O3/c1-3-36(46)41-29-21-30(40-34-23-35(39-24-38-34)45-31(12-19-48-45)25-6-4-7-26(37)20-25)33(47-2)22-32(29)44-13-10-28(11-14-44)43-17-15-42(16-18-43)27-8-5-9-27/h3-4,6-7,20-24,27-28,31H,1,5,8-19H2,2H3,(H,41,46)(H,38,39,40)/t31-/m1/s1. The van der Waals surface area contributed by atoms with Crippen LogP contribution in [0.25, 0.3) is 0 Å². The van der Waals surface area contributed by atoms with Crippen molar-refractivity contribution >= 4 is 34.6 Å². The Hall–Kier alpha value is -4.26. The van der Waals surface area contributed by atoms with E-state index in [1.807, 2.05) is 18.2 Å². The van der Waals surface area contributed by atoms with Gasteiger partial charge in [0.2, 0.25) is 5.91 Å². The maximum Gasteiger partial charge on any atom is 0.247 e. The average Bonchev–Trinajstić information content (AvgIpc) is 3.59. The molecule has 3 saturated heterocycles. The molecule has 0 unspecified atom stereocenters. The van der Waals surface area contributed by atoms with Crippen LogP contribution in [0.2, 0.25) is 0 Å². The van der Waals surface area contributed by atoms with Gasteiger partial charge in [-0.3, -0.25) is 19.4 Å². The molecule has 0 spiro atoms. The number of carbonyl (C=O) groups excluding carboxylic acids is 1. The first kappa shape index (κ1) is 32.3. The number of methoxy groups -OCH3 is 1. The van der Waals surface area contributed by atoms with Crippen LogP contribution in [0.4, 0.5) is 33.1 Å². The lowest BCUT2D eigenvalue weighted by molar-refractivity contribution is -0.111. The van der Waals surface area contributed by atoms with Gasteiger partial charge in [-0.15, -0.1) is 0 Å². The summed E-state index contributed by atoms with van der Waals surface area (Å²) in [4.78, 5) is 35.1. The summed E-state index contributed by atoms with van der Waals surface area (Å²) in [5.41, 5.74) is 3.02. The van der Waals surface area contributed by atoms with E-state index >= 15 is 0 Å². The highest BCUT2D eigenvalue weighted by Crippen LogP contribution is 2.41. The van der Waals surface area contributed by atoms with Crippen LogP contribution in [0, 0.1) is 5.82 Å². The zero-order valence-electron chi connectivity index (χ0n) is 27.6. The van der Waals surface area contributed by atoms with Gasteiger partial charge in [0.15, 0.2) is 5.82 Å². The summed E-state index contributed by atoms with van der Waals surface area (Å²) >= 11 is 0. The summed E-state index contributed by atoms with van der Waals surface area (Å²) in [7, 11) is 1.63. The monoisotopic (exact) mass is 656 g/mol. The first-order chi connectivity index (χ1) is 23.5. The van der Waals surface area contributed by atoms with Crippen LogP contribution in [-0.2, 0) is 9.63 Å². The van der Waals surface area contributed by atoms with Crippen molar-refractivity contribution in [1.29, 1.82) is 0 Å². The zero-order valence-corrected chi connectivity index (χ0v) is 27.6. The molecule has 3 aliphatic heterocycles. The minimum Gasteiger partial charge on any atom is -0.494 e. The van der Waals surface area contributed by atoms with Crippen LogP contribution >= 0.6 is 0 Å². The van der Waals surface area contributed by atoms with Gasteiger partial charge in [-0.1, -0.05) is 25.1 Å². The molecule has 11 nitrogen and oxygen atoms in total. The topological polar surface area (TPSA) is 98.3 Å². The van der Waals surface area contributed by atoms with E-state index in [0.29, 0.717) is 47.8 Å². The largest absolute Gasteiger partial charge is 0.494 e. The maximum atomic E-state index is 14.0. The Morgan fingerprint density at radius 3 is 2.38 bits per heavy atom. The van der Waals surface area contributed by atoms with Crippen molar-refractivity contribution in [1.82, 2.24) is 19.8 Å². The molecule has 12 heteroatoms. The van der Waals surface area contributed by atoms with Gasteiger partial charge in [0.25, 0.3) is 0 Å². The number of nitrogens with zero attached hydrogens (tertiary/aromatic N) is 6. The van der Waals surface area contributed by atoms with Gasteiger partial charge in [0, 0.05) is 69.9 Å². The SMILES string of the molecule is C=CC(=O)Nc1cc(Nc2cc(N3OCC[C@@H]3c3cccc(F)c3)ncn2)c(OC)cc1N1CCC(N2CCN(C3CCC3)CC2)CC1. The minimum absolute atomic E-state index is 0.181. The highest BCUT2D eigenvalue weighted by molar-refractivity contribution is 6.02. The van der Waals surface area contributed by atoms with Crippen molar-refractivity contribution in [2.45, 2.75) is 56.7 Å². The van der Waals surface area contributed by atoms with E-state index in [4.69, 9.17) is 9.57 Å². The van der Waals surface area contributed by atoms with Gasteiger partial charge in [-0.25, -0.2) is 19.4 Å². The first-order valence-electron chi connectivity index (χ1n) is 17.1. The molecule has 1 atom stereocenters. The molecule has 4 aliphatic rings. The van der Waals surface area contributed by atoms with Crippen LogP contribution in [0.1, 0.15) is 50.1 Å². The van der Waals surface area contributed by atoms with Gasteiger partial charge in [-0.05, 0) is 55.5 Å². The van der Waals surface area contributed by atoms with Gasteiger partial charge in [-0.2, -0.15) is 0 Å². The Morgan fingerprint density at radius 2 is 1.71 bits per heavy atom. The van der Waals surface area contributed by atoms with Crippen molar-refractivity contribution in [3.63, 3.8) is 0 Å². The lowest BCUT2D eigenvalue weighted by atomic mass is 9.91. The molecule has 0 bridgehead atoms. The Labute approximate surface area is 281 Å². The number of halogens is 1. The van der Waals surface area contributed by atoms with Crippen LogP contribution in [0.15, 0.2) is 61.4 Å². The summed E-state index contributed by atoms with van der Waals surface area (Å²) in [6.45, 7) is 10.6. The second kappa shape index (κ2) is 14.5. The number of piperazine rings is 1. The van der Waals surface area contributed by atoms with Crippen molar-refractivity contribution in [2.75, 3.05) is 73.6 Å². The second-order valence-corrected chi connectivity index (χ2v) is 13.0. The smallest absolute Gasteiger partial charge is 0.247 e. The fraction of sp³-hybridized carbons (Fsp3) is 0.472. The van der Waals surface area contributed by atoms with Crippen LogP contribution < -0.4 is 25.3 Å². The highest BCUT2D eigenvalue weighted by atomic mass is 19.1. The van der Waals surface area contributed by atoms with E-state index in [-0.39, 0.29) is 17.8 Å². The quantitative estimate of drug-likeness (QED) is 0.272. The molecule has 1 saturated carbocycles. The van der Waals surface area contributed by atoms with Gasteiger partial charge >= 0.3 is 0 Å². The molecule has 1 amide bonds. The minimum atomic E-state index is -0.291. The molecule has 2 aromatic carbocycles. The molecule has 3 aromatic rings. The lowest BCUT2D eigenvalue weighted by Gasteiger charge is -2.46. The highest BCUT2D eigenvalue weighted by Gasteiger charge is 2.33. The number of hydrogen-bond acceptors (Lipinski definition) is 10. The Kier molecular flexibility index (Phi) is 9.73. The van der Waals surface area contributed by atoms with Crippen molar-refractivity contribution < 1.29 is 18.8 Å². The Bertz CT molecular complexity index is 1600. The van der Waals surface area contributed by atoms with E-state index in [9.17, 15) is 9.18 Å². The number of hydrogen-bond donors (Lipinski definition) is 2. The van der Waals surface area contributed by atoms with Crippen molar-refractivity contribution in [2.24, 2.45) is 0 Å². The zero-order chi connectivity index (χ0) is 33.0. The Morgan fingerprint density at radius 1 is 0.958 bits per heavy atom. The summed E-state index contributed by atoms with van der Waals surface area (Å²) in [5.74, 6) is 1.10. The molecule has 0 radical (unpaired) electrons. The van der Waals surface area contributed by atoms with E-state index < -0.39 is 0 Å². The predicted octanol–water partition coefficient (Wildman–Crippen LogP) is 5.51. The molecular weight excluding hydrogens is 611 g/mol. The summed E-state index contributed by atoms with van der Waals surface area (Å²) in [5, 5.41) is 8.08. The van der Waals surface area contributed by atoms with E-state index in [1.54, 1.807) is 24.3 Å². The van der Waals surface area contributed by atoms with Gasteiger partial charge < -0.3 is 20.3 Å². The fourth-order valence-corrected chi connectivity index (χ4v) is 7.46. The number of ether oxygens (including phenoxy) is 1. The maximum absolute atomic E-state index is 14.0. The predicted molar refractivity (Wildman–Crippen MR) is 185 cm³/mol. The van der Waals surface area contributed by atoms with Crippen molar-refractivity contribution in [3.05, 3.63) is 72.8 Å². The molecule has 1 aliphatic carbocycles. The molecular formula is C36H45FN8O3. The average molecular weight is 657 g/mol. The molecule has 254 valence electrons. The third-order valence-electron chi connectivity index (χ3n) is 10.3. The molecule has 7 rings (SSSR count). The van der Waals surface area contributed by atoms with E-state index in [2.05, 4.69) is 41.9 Å². The van der Waals surface area contributed by atoms with Crippen molar-refractivity contribution in [3.8, 4) is 5.75 Å². The summed E-state index contributed by atoms with van der Waals surface area (Å²) < 4.78 is 19.9. The van der Waals surface area contributed by atoms with E-state index in [0.717, 1.165) is 56.3 Å². The normalized spacial score (nSPS) is 21.2. The fourth-order valence-electron chi connectivity index (χ4n) is 7.46. The third-order valence-corrected chi connectivity index (χ3v) is 10.3. The molecule has 48 heavy (non-hydrogen) atoms. The van der Waals surface area contributed by atoms with Gasteiger partial charge in [0.1, 0.15) is 23.7 Å². The van der Waals surface area contributed by atoms with Crippen LogP contribution in [0.5, 0.6) is 5.75 Å². The third kappa shape index (κ3) is 6.96. The molecule has 1 aromatic heterocycles. The first-order valence-corrected chi connectivity index (χ1v) is 17.1. The number of anilines is 5. The molecule has 4 fully saturated rings. The lowest BCUT2D eigenvalue weighted by Crippen LogP contribution is -2.56. The number of piperidine rings is 1. The summed E-state index contributed by atoms with van der Waals surface area (Å²) in [6, 6.07) is 13.4. The number of nitrogens with one attached hydrogen (secondary N) is 2. The van der Waals surface area contributed by atoms with Gasteiger partial charge in [0.05, 0.1) is 36.8 Å². The molecule has 2 N–H and O–H groups in total. The summed E-state index contributed by atoms with van der Waals surface area (Å²) in [6.07, 6.45) is 9.69. The number of benzene rings is 2. The van der Waals surface area contributed by atoms with Crippen LogP contribution in [0.3, 0.4) is 0 Å². The van der Waals surface area contributed by atoms with E-state index in [1.165, 1.54) is 56.9 Å². The molecule has 4 heterocycles. The van der Waals surface area contributed by atoms with Crippen LogP contribution in [-0.4, -0.2) is 90.7 Å². The number of aromatic nitrogens is 2. The number of amides is 1. The Balaban J connectivity index is 1.07.